The molecule has 1 amide bonds. The molecular formula is C19H26N2O4. The molecule has 0 bridgehead atoms. The monoisotopic (exact) mass is 346 g/mol. The van der Waals surface area contributed by atoms with Crippen molar-refractivity contribution in [3.63, 3.8) is 0 Å². The van der Waals surface area contributed by atoms with Crippen molar-refractivity contribution in [2.75, 3.05) is 32.8 Å². The van der Waals surface area contributed by atoms with Crippen molar-refractivity contribution in [3.8, 4) is 0 Å². The molecule has 2 heterocycles. The Balaban J connectivity index is 1.36. The van der Waals surface area contributed by atoms with Crippen LogP contribution >= 0.6 is 0 Å². The van der Waals surface area contributed by atoms with Crippen LogP contribution in [0, 0.1) is 5.41 Å². The number of ether oxygens (including phenoxy) is 2. The van der Waals surface area contributed by atoms with E-state index in [0.717, 1.165) is 44.7 Å². The van der Waals surface area contributed by atoms with Crippen molar-refractivity contribution >= 4 is 11.9 Å². The Kier molecular flexibility index (Phi) is 5.71. The summed E-state index contributed by atoms with van der Waals surface area (Å²) < 4.78 is 10.6. The molecule has 0 radical (unpaired) electrons. The SMILES string of the molecule is C[C@H](NC(=O)CN1CCC2(CC1)COC2)C(=O)OCc1ccccc1. The van der Waals surface area contributed by atoms with Crippen LogP contribution in [0.15, 0.2) is 30.3 Å². The van der Waals surface area contributed by atoms with Crippen LogP contribution in [0.25, 0.3) is 0 Å². The van der Waals surface area contributed by atoms with Gasteiger partial charge in [-0.25, -0.2) is 4.79 Å². The highest BCUT2D eigenvalue weighted by molar-refractivity contribution is 5.85. The molecule has 2 fully saturated rings. The Bertz CT molecular complexity index is 591. The summed E-state index contributed by atoms with van der Waals surface area (Å²) in [5.41, 5.74) is 1.29. The second-order valence-corrected chi connectivity index (χ2v) is 7.15. The van der Waals surface area contributed by atoms with Gasteiger partial charge in [-0.3, -0.25) is 9.69 Å². The largest absolute Gasteiger partial charge is 0.459 e. The Morgan fingerprint density at radius 1 is 1.24 bits per heavy atom. The van der Waals surface area contributed by atoms with Gasteiger partial charge in [0.2, 0.25) is 5.91 Å². The fourth-order valence-electron chi connectivity index (χ4n) is 3.27. The van der Waals surface area contributed by atoms with E-state index in [0.29, 0.717) is 12.0 Å². The summed E-state index contributed by atoms with van der Waals surface area (Å²) in [7, 11) is 0. The molecule has 1 N–H and O–H groups in total. The van der Waals surface area contributed by atoms with E-state index in [9.17, 15) is 9.59 Å². The van der Waals surface area contributed by atoms with Crippen LogP contribution in [0.1, 0.15) is 25.3 Å². The predicted molar refractivity (Wildman–Crippen MR) is 92.8 cm³/mol. The zero-order valence-corrected chi connectivity index (χ0v) is 14.7. The second kappa shape index (κ2) is 7.97. The molecule has 2 saturated heterocycles. The Morgan fingerprint density at radius 3 is 2.52 bits per heavy atom. The number of likely N-dealkylation sites (tertiary alicyclic amines) is 1. The number of piperidine rings is 1. The van der Waals surface area contributed by atoms with Gasteiger partial charge in [0.25, 0.3) is 0 Å². The van der Waals surface area contributed by atoms with Crippen molar-refractivity contribution in [2.24, 2.45) is 5.41 Å². The summed E-state index contributed by atoms with van der Waals surface area (Å²) >= 11 is 0. The number of hydrogen-bond donors (Lipinski definition) is 1. The minimum Gasteiger partial charge on any atom is -0.459 e. The smallest absolute Gasteiger partial charge is 0.328 e. The molecule has 25 heavy (non-hydrogen) atoms. The lowest BCUT2D eigenvalue weighted by Crippen LogP contribution is -2.53. The first-order valence-electron chi connectivity index (χ1n) is 8.86. The van der Waals surface area contributed by atoms with E-state index in [-0.39, 0.29) is 12.5 Å². The number of amides is 1. The molecule has 0 aromatic heterocycles. The highest BCUT2D eigenvalue weighted by atomic mass is 16.5. The Hall–Kier alpha value is -1.92. The molecule has 3 rings (SSSR count). The number of hydrogen-bond acceptors (Lipinski definition) is 5. The fraction of sp³-hybridized carbons (Fsp3) is 0.579. The molecule has 136 valence electrons. The lowest BCUT2D eigenvalue weighted by atomic mass is 9.77. The van der Waals surface area contributed by atoms with Crippen LogP contribution in [0.4, 0.5) is 0 Å². The fourth-order valence-corrected chi connectivity index (χ4v) is 3.27. The number of carbonyl (C=O) groups excluding carboxylic acids is 2. The quantitative estimate of drug-likeness (QED) is 0.788. The zero-order chi connectivity index (χ0) is 17.7. The number of nitrogens with one attached hydrogen (secondary N) is 1. The van der Waals surface area contributed by atoms with Crippen molar-refractivity contribution in [3.05, 3.63) is 35.9 Å². The van der Waals surface area contributed by atoms with Crippen LogP contribution < -0.4 is 5.32 Å². The third-order valence-electron chi connectivity index (χ3n) is 5.06. The van der Waals surface area contributed by atoms with Gasteiger partial charge >= 0.3 is 5.97 Å². The Labute approximate surface area is 148 Å². The third kappa shape index (κ3) is 4.80. The highest BCUT2D eigenvalue weighted by Crippen LogP contribution is 2.38. The van der Waals surface area contributed by atoms with Crippen LogP contribution in [0.3, 0.4) is 0 Å². The van der Waals surface area contributed by atoms with E-state index in [2.05, 4.69) is 10.2 Å². The van der Waals surface area contributed by atoms with Crippen LogP contribution in [-0.4, -0.2) is 55.7 Å². The van der Waals surface area contributed by atoms with E-state index in [1.165, 1.54) is 0 Å². The average Bonchev–Trinajstić information content (AvgIpc) is 2.59. The summed E-state index contributed by atoms with van der Waals surface area (Å²) in [6, 6.07) is 8.85. The predicted octanol–water partition coefficient (Wildman–Crippen LogP) is 1.35. The standard InChI is InChI=1S/C19H26N2O4/c1-15(18(23)25-12-16-5-3-2-4-6-16)20-17(22)11-21-9-7-19(8-10-21)13-24-14-19/h2-6,15H,7-14H2,1H3,(H,20,22)/t15-/m0/s1. The normalized spacial score (nSPS) is 20.5. The minimum absolute atomic E-state index is 0.134. The number of rotatable bonds is 6. The van der Waals surface area contributed by atoms with E-state index >= 15 is 0 Å². The first kappa shape index (κ1) is 17.9. The molecular weight excluding hydrogens is 320 g/mol. The molecule has 1 atom stereocenters. The molecule has 0 unspecified atom stereocenters. The summed E-state index contributed by atoms with van der Waals surface area (Å²) in [6.07, 6.45) is 2.16. The van der Waals surface area contributed by atoms with Gasteiger partial charge in [-0.15, -0.1) is 0 Å². The van der Waals surface area contributed by atoms with Crippen molar-refractivity contribution in [1.29, 1.82) is 0 Å². The maximum absolute atomic E-state index is 12.2. The van der Waals surface area contributed by atoms with Gasteiger partial charge in [-0.05, 0) is 38.4 Å². The Morgan fingerprint density at radius 2 is 1.92 bits per heavy atom. The molecule has 0 saturated carbocycles. The summed E-state index contributed by atoms with van der Waals surface area (Å²) in [5.74, 6) is -0.550. The van der Waals surface area contributed by atoms with Crippen molar-refractivity contribution < 1.29 is 19.1 Å². The van der Waals surface area contributed by atoms with Gasteiger partial charge in [0.15, 0.2) is 0 Å². The molecule has 1 aromatic rings. The zero-order valence-electron chi connectivity index (χ0n) is 14.7. The first-order chi connectivity index (χ1) is 12.1. The second-order valence-electron chi connectivity index (χ2n) is 7.15. The van der Waals surface area contributed by atoms with Gasteiger partial charge in [0.1, 0.15) is 12.6 Å². The van der Waals surface area contributed by atoms with Crippen LogP contribution in [0.2, 0.25) is 0 Å². The number of benzene rings is 1. The lowest BCUT2D eigenvalue weighted by Gasteiger charge is -2.47. The number of carbonyl (C=O) groups is 2. The van der Waals surface area contributed by atoms with Crippen LogP contribution in [-0.2, 0) is 25.7 Å². The van der Waals surface area contributed by atoms with Gasteiger partial charge in [0.05, 0.1) is 19.8 Å². The topological polar surface area (TPSA) is 67.9 Å². The minimum atomic E-state index is -0.646. The molecule has 0 aliphatic carbocycles. The van der Waals surface area contributed by atoms with Crippen molar-refractivity contribution in [2.45, 2.75) is 32.4 Å². The van der Waals surface area contributed by atoms with Crippen molar-refractivity contribution in [1.82, 2.24) is 10.2 Å². The summed E-state index contributed by atoms with van der Waals surface area (Å²) in [4.78, 5) is 26.3. The van der Waals surface area contributed by atoms with E-state index in [4.69, 9.17) is 9.47 Å². The molecule has 1 aromatic carbocycles. The van der Waals surface area contributed by atoms with Gasteiger partial charge in [0, 0.05) is 5.41 Å². The molecule has 2 aliphatic heterocycles. The maximum Gasteiger partial charge on any atom is 0.328 e. The van der Waals surface area contributed by atoms with E-state index in [1.54, 1.807) is 6.92 Å². The van der Waals surface area contributed by atoms with Gasteiger partial charge < -0.3 is 14.8 Å². The maximum atomic E-state index is 12.2. The van der Waals surface area contributed by atoms with E-state index < -0.39 is 12.0 Å². The number of esters is 1. The van der Waals surface area contributed by atoms with E-state index in [1.807, 2.05) is 30.3 Å². The average molecular weight is 346 g/mol. The molecule has 2 aliphatic rings. The third-order valence-corrected chi connectivity index (χ3v) is 5.06. The lowest BCUT2D eigenvalue weighted by molar-refractivity contribution is -0.149. The first-order valence-corrected chi connectivity index (χ1v) is 8.86. The molecule has 6 nitrogen and oxygen atoms in total. The molecule has 1 spiro atoms. The number of nitrogens with zero attached hydrogens (tertiary/aromatic N) is 1. The highest BCUT2D eigenvalue weighted by Gasteiger charge is 2.41. The van der Waals surface area contributed by atoms with Gasteiger partial charge in [-0.2, -0.15) is 0 Å². The summed E-state index contributed by atoms with van der Waals surface area (Å²) in [6.45, 7) is 5.73. The summed E-state index contributed by atoms with van der Waals surface area (Å²) in [5, 5.41) is 2.73. The molecule has 6 heteroatoms. The van der Waals surface area contributed by atoms with Gasteiger partial charge in [-0.1, -0.05) is 30.3 Å². The van der Waals surface area contributed by atoms with Crippen LogP contribution in [0.5, 0.6) is 0 Å².